The lowest BCUT2D eigenvalue weighted by Gasteiger charge is -2.44. The highest BCUT2D eigenvalue weighted by Gasteiger charge is 2.39. The number of rotatable bonds is 1. The topological polar surface area (TPSA) is 49.4 Å². The molecule has 1 aromatic rings. The minimum absolute atomic E-state index is 0.0727. The van der Waals surface area contributed by atoms with Crippen molar-refractivity contribution in [1.82, 2.24) is 9.62 Å². The molecule has 0 aliphatic carbocycles. The van der Waals surface area contributed by atoms with Gasteiger partial charge in [-0.3, -0.25) is 4.90 Å². The Labute approximate surface area is 127 Å². The van der Waals surface area contributed by atoms with E-state index >= 15 is 0 Å². The molecule has 8 heteroatoms. The summed E-state index contributed by atoms with van der Waals surface area (Å²) in [6.07, 6.45) is -3.05. The Balaban J connectivity index is 1.86. The number of hydrogen-bond acceptors (Lipinski definition) is 3. The second-order valence-electron chi connectivity index (χ2n) is 5.79. The van der Waals surface area contributed by atoms with Gasteiger partial charge in [0, 0.05) is 12.5 Å². The fourth-order valence-corrected chi connectivity index (χ4v) is 4.50. The standard InChI is InChI=1S/C14H17F3N2O2S/c15-14(16,17)11-5-3-10(4-6-11)12-2-1-7-19-8-9-22(20,21)18-13(12)19/h3-6,12-13,18H,1-2,7-9H2. The van der Waals surface area contributed by atoms with Crippen LogP contribution in [0.2, 0.25) is 0 Å². The van der Waals surface area contributed by atoms with Gasteiger partial charge in [-0.05, 0) is 37.1 Å². The smallest absolute Gasteiger partial charge is 0.286 e. The van der Waals surface area contributed by atoms with E-state index < -0.39 is 21.8 Å². The van der Waals surface area contributed by atoms with Gasteiger partial charge in [-0.15, -0.1) is 0 Å². The predicted molar refractivity (Wildman–Crippen MR) is 75.7 cm³/mol. The van der Waals surface area contributed by atoms with Gasteiger partial charge in [0.05, 0.1) is 17.5 Å². The zero-order valence-electron chi connectivity index (χ0n) is 11.8. The number of benzene rings is 1. The normalized spacial score (nSPS) is 29.0. The van der Waals surface area contributed by atoms with Gasteiger partial charge in [-0.25, -0.2) is 8.42 Å². The highest BCUT2D eigenvalue weighted by Crippen LogP contribution is 2.35. The van der Waals surface area contributed by atoms with Crippen LogP contribution < -0.4 is 4.72 Å². The number of nitrogens with one attached hydrogen (secondary N) is 1. The second kappa shape index (κ2) is 5.50. The van der Waals surface area contributed by atoms with E-state index in [2.05, 4.69) is 9.62 Å². The number of halogens is 3. The molecule has 1 aromatic carbocycles. The first-order valence-electron chi connectivity index (χ1n) is 7.17. The minimum atomic E-state index is -4.36. The van der Waals surface area contributed by atoms with E-state index in [1.165, 1.54) is 12.1 Å². The number of hydrogen-bond donors (Lipinski definition) is 1. The highest BCUT2D eigenvalue weighted by molar-refractivity contribution is 7.89. The Morgan fingerprint density at radius 2 is 1.82 bits per heavy atom. The number of piperidine rings is 1. The van der Waals surface area contributed by atoms with Crippen LogP contribution in [0.4, 0.5) is 13.2 Å². The van der Waals surface area contributed by atoms with Gasteiger partial charge in [-0.2, -0.15) is 17.9 Å². The first-order valence-corrected chi connectivity index (χ1v) is 8.83. The highest BCUT2D eigenvalue weighted by atomic mass is 32.2. The average molecular weight is 334 g/mol. The number of fused-ring (bicyclic) bond motifs is 1. The van der Waals surface area contributed by atoms with E-state index in [0.29, 0.717) is 6.54 Å². The van der Waals surface area contributed by atoms with Gasteiger partial charge in [0.1, 0.15) is 0 Å². The van der Waals surface area contributed by atoms with Crippen LogP contribution in [0, 0.1) is 0 Å². The summed E-state index contributed by atoms with van der Waals surface area (Å²) < 4.78 is 64.1. The van der Waals surface area contributed by atoms with Crippen molar-refractivity contribution < 1.29 is 21.6 Å². The third-order valence-electron chi connectivity index (χ3n) is 4.35. The van der Waals surface area contributed by atoms with Gasteiger partial charge >= 0.3 is 6.18 Å². The van der Waals surface area contributed by atoms with E-state index in [1.807, 2.05) is 0 Å². The SMILES string of the molecule is O=S1(=O)CCN2CCCC(c3ccc(C(F)(F)F)cc3)C2N1. The minimum Gasteiger partial charge on any atom is -0.286 e. The molecule has 3 rings (SSSR count). The fourth-order valence-electron chi connectivity index (χ4n) is 3.22. The molecule has 22 heavy (non-hydrogen) atoms. The van der Waals surface area contributed by atoms with Crippen LogP contribution in [0.5, 0.6) is 0 Å². The molecule has 0 amide bonds. The molecule has 2 saturated heterocycles. The Morgan fingerprint density at radius 3 is 2.45 bits per heavy atom. The fraction of sp³-hybridized carbons (Fsp3) is 0.571. The van der Waals surface area contributed by atoms with Gasteiger partial charge < -0.3 is 0 Å². The lowest BCUT2D eigenvalue weighted by atomic mass is 9.87. The third-order valence-corrected chi connectivity index (χ3v) is 5.67. The molecule has 2 fully saturated rings. The molecule has 4 nitrogen and oxygen atoms in total. The molecule has 2 heterocycles. The number of nitrogens with zero attached hydrogens (tertiary/aromatic N) is 1. The van der Waals surface area contributed by atoms with Gasteiger partial charge in [0.25, 0.3) is 0 Å². The number of sulfonamides is 1. The molecule has 2 atom stereocenters. The summed E-state index contributed by atoms with van der Waals surface area (Å²) in [6, 6.07) is 5.04. The Kier molecular flexibility index (Phi) is 3.94. The molecule has 2 aliphatic rings. The van der Waals surface area contributed by atoms with Gasteiger partial charge in [-0.1, -0.05) is 12.1 Å². The summed E-state index contributed by atoms with van der Waals surface area (Å²) in [5.41, 5.74) is 0.0560. The summed E-state index contributed by atoms with van der Waals surface area (Å²) in [4.78, 5) is 2.06. The third kappa shape index (κ3) is 3.13. The van der Waals surface area contributed by atoms with Crippen LogP contribution in [0.15, 0.2) is 24.3 Å². The lowest BCUT2D eigenvalue weighted by Crippen LogP contribution is -2.60. The zero-order chi connectivity index (χ0) is 16.0. The molecule has 2 aliphatic heterocycles. The van der Waals surface area contributed by atoms with Crippen LogP contribution in [-0.4, -0.2) is 38.3 Å². The summed E-state index contributed by atoms with van der Waals surface area (Å²) in [5.74, 6) is -0.0467. The second-order valence-corrected chi connectivity index (χ2v) is 7.66. The molecule has 0 radical (unpaired) electrons. The van der Waals surface area contributed by atoms with Crippen LogP contribution in [-0.2, 0) is 16.2 Å². The molecular formula is C14H17F3N2O2S. The molecule has 2 unspecified atom stereocenters. The van der Waals surface area contributed by atoms with Crippen LogP contribution in [0.3, 0.4) is 0 Å². The maximum absolute atomic E-state index is 12.6. The largest absolute Gasteiger partial charge is 0.416 e. The van der Waals surface area contributed by atoms with Crippen molar-refractivity contribution in [2.24, 2.45) is 0 Å². The maximum atomic E-state index is 12.6. The first kappa shape index (κ1) is 15.8. The van der Waals surface area contributed by atoms with Gasteiger partial charge in [0.2, 0.25) is 10.0 Å². The zero-order valence-corrected chi connectivity index (χ0v) is 12.6. The monoisotopic (exact) mass is 334 g/mol. The summed E-state index contributed by atoms with van der Waals surface area (Å²) in [5, 5.41) is 0. The molecule has 0 aromatic heterocycles. The van der Waals surface area contributed by atoms with E-state index in [9.17, 15) is 21.6 Å². The molecule has 0 saturated carbocycles. The summed E-state index contributed by atoms with van der Waals surface area (Å²) in [6.45, 7) is 1.28. The first-order chi connectivity index (χ1) is 10.3. The molecule has 0 bridgehead atoms. The quantitative estimate of drug-likeness (QED) is 0.856. The number of alkyl halides is 3. The summed E-state index contributed by atoms with van der Waals surface area (Å²) in [7, 11) is -3.30. The van der Waals surface area contributed by atoms with E-state index in [-0.39, 0.29) is 17.8 Å². The maximum Gasteiger partial charge on any atom is 0.416 e. The van der Waals surface area contributed by atoms with Crippen molar-refractivity contribution in [2.45, 2.75) is 31.1 Å². The Bertz CT molecular complexity index is 643. The van der Waals surface area contributed by atoms with E-state index in [4.69, 9.17) is 0 Å². The van der Waals surface area contributed by atoms with Crippen molar-refractivity contribution in [2.75, 3.05) is 18.8 Å². The predicted octanol–water partition coefficient (Wildman–Crippen LogP) is 2.14. The van der Waals surface area contributed by atoms with E-state index in [0.717, 1.165) is 37.1 Å². The van der Waals surface area contributed by atoms with Crippen molar-refractivity contribution in [3.63, 3.8) is 0 Å². The molecule has 0 spiro atoms. The molecule has 1 N–H and O–H groups in total. The average Bonchev–Trinajstić information content (AvgIpc) is 2.45. The molecule has 122 valence electrons. The van der Waals surface area contributed by atoms with Crippen LogP contribution >= 0.6 is 0 Å². The molecular weight excluding hydrogens is 317 g/mol. The Hall–Kier alpha value is -1.12. The van der Waals surface area contributed by atoms with Crippen molar-refractivity contribution >= 4 is 10.0 Å². The Morgan fingerprint density at radius 1 is 1.14 bits per heavy atom. The van der Waals surface area contributed by atoms with E-state index in [1.54, 1.807) is 0 Å². The summed E-state index contributed by atoms with van der Waals surface area (Å²) >= 11 is 0. The van der Waals surface area contributed by atoms with Crippen LogP contribution in [0.1, 0.15) is 29.9 Å². The lowest BCUT2D eigenvalue weighted by molar-refractivity contribution is -0.137. The van der Waals surface area contributed by atoms with Gasteiger partial charge in [0.15, 0.2) is 0 Å². The van der Waals surface area contributed by atoms with Crippen molar-refractivity contribution in [3.8, 4) is 0 Å². The van der Waals surface area contributed by atoms with Crippen molar-refractivity contribution in [3.05, 3.63) is 35.4 Å². The van der Waals surface area contributed by atoms with Crippen LogP contribution in [0.25, 0.3) is 0 Å². The van der Waals surface area contributed by atoms with Crippen molar-refractivity contribution in [1.29, 1.82) is 0 Å².